The number of ether oxygens (including phenoxy) is 1. The molecule has 100 valence electrons. The van der Waals surface area contributed by atoms with E-state index in [1.54, 1.807) is 6.92 Å². The van der Waals surface area contributed by atoms with Crippen molar-refractivity contribution in [3.8, 4) is 0 Å². The molecule has 17 heavy (non-hydrogen) atoms. The second kappa shape index (κ2) is 6.33. The van der Waals surface area contributed by atoms with Gasteiger partial charge < -0.3 is 20.5 Å². The number of amides is 1. The summed E-state index contributed by atoms with van der Waals surface area (Å²) in [6.07, 6.45) is 0.669. The lowest BCUT2D eigenvalue weighted by Gasteiger charge is -2.28. The molecule has 0 aromatic rings. The molecule has 1 aliphatic heterocycles. The number of rotatable bonds is 5. The van der Waals surface area contributed by atoms with Gasteiger partial charge in [-0.05, 0) is 19.3 Å². The third-order valence-corrected chi connectivity index (χ3v) is 2.73. The highest BCUT2D eigenvalue weighted by atomic mass is 16.5. The lowest BCUT2D eigenvalue weighted by molar-refractivity contribution is -0.127. The molecule has 0 aromatic carbocycles. The summed E-state index contributed by atoms with van der Waals surface area (Å²) in [5.41, 5.74) is -0.848. The highest BCUT2D eigenvalue weighted by Crippen LogP contribution is 2.15. The molecule has 0 bridgehead atoms. The van der Waals surface area contributed by atoms with Gasteiger partial charge in [-0.1, -0.05) is 13.8 Å². The van der Waals surface area contributed by atoms with Crippen molar-refractivity contribution in [3.05, 3.63) is 0 Å². The monoisotopic (exact) mass is 244 g/mol. The lowest BCUT2D eigenvalue weighted by atomic mass is 9.94. The summed E-state index contributed by atoms with van der Waals surface area (Å²) < 4.78 is 5.21. The first-order valence-corrected chi connectivity index (χ1v) is 6.22. The molecular formula is C12H24N2O3. The van der Waals surface area contributed by atoms with Crippen molar-refractivity contribution in [2.75, 3.05) is 26.3 Å². The van der Waals surface area contributed by atoms with E-state index in [0.29, 0.717) is 32.1 Å². The van der Waals surface area contributed by atoms with E-state index in [1.807, 2.05) is 13.8 Å². The van der Waals surface area contributed by atoms with E-state index in [0.717, 1.165) is 0 Å². The molecule has 0 spiro atoms. The van der Waals surface area contributed by atoms with Crippen LogP contribution in [0.15, 0.2) is 0 Å². The van der Waals surface area contributed by atoms with Crippen LogP contribution in [0.5, 0.6) is 0 Å². The molecule has 2 atom stereocenters. The van der Waals surface area contributed by atoms with E-state index >= 15 is 0 Å². The predicted octanol–water partition coefficient (Wildman–Crippen LogP) is -0.112. The van der Waals surface area contributed by atoms with Gasteiger partial charge in [-0.15, -0.1) is 0 Å². The number of nitrogens with one attached hydrogen (secondary N) is 2. The van der Waals surface area contributed by atoms with Crippen LogP contribution in [-0.4, -0.2) is 49.0 Å². The van der Waals surface area contributed by atoms with Crippen LogP contribution in [0.25, 0.3) is 0 Å². The number of morpholine rings is 1. The van der Waals surface area contributed by atoms with Crippen LogP contribution in [0.3, 0.4) is 0 Å². The molecule has 1 rings (SSSR count). The van der Waals surface area contributed by atoms with Crippen molar-refractivity contribution in [1.29, 1.82) is 0 Å². The van der Waals surface area contributed by atoms with Crippen molar-refractivity contribution in [3.63, 3.8) is 0 Å². The average Bonchev–Trinajstić information content (AvgIpc) is 2.25. The van der Waals surface area contributed by atoms with Crippen molar-refractivity contribution in [2.24, 2.45) is 5.92 Å². The van der Waals surface area contributed by atoms with Crippen LogP contribution in [0, 0.1) is 5.92 Å². The summed E-state index contributed by atoms with van der Waals surface area (Å²) in [5.74, 6) is 0.298. The van der Waals surface area contributed by atoms with Crippen LogP contribution < -0.4 is 10.6 Å². The van der Waals surface area contributed by atoms with Gasteiger partial charge in [0.25, 0.3) is 0 Å². The normalized spacial score (nSPS) is 24.4. The van der Waals surface area contributed by atoms with Crippen LogP contribution >= 0.6 is 0 Å². The Kier molecular flexibility index (Phi) is 5.36. The standard InChI is InChI=1S/C12H24N2O3/c1-9(2)6-12(3,16)8-14-11(15)10-7-17-5-4-13-10/h9-10,13,16H,4-8H2,1-3H3,(H,14,15). The summed E-state index contributed by atoms with van der Waals surface area (Å²) in [5, 5.41) is 15.9. The second-order valence-corrected chi connectivity index (χ2v) is 5.39. The molecule has 2 unspecified atom stereocenters. The first kappa shape index (κ1) is 14.4. The molecule has 0 aliphatic carbocycles. The van der Waals surface area contributed by atoms with E-state index < -0.39 is 5.60 Å². The third kappa shape index (κ3) is 5.48. The third-order valence-electron chi connectivity index (χ3n) is 2.73. The Hall–Kier alpha value is -0.650. The van der Waals surface area contributed by atoms with Gasteiger partial charge in [0.05, 0.1) is 18.8 Å². The highest BCUT2D eigenvalue weighted by Gasteiger charge is 2.26. The predicted molar refractivity (Wildman–Crippen MR) is 65.7 cm³/mol. The largest absolute Gasteiger partial charge is 0.388 e. The number of hydrogen-bond acceptors (Lipinski definition) is 4. The van der Waals surface area contributed by atoms with Gasteiger partial charge in [0.2, 0.25) is 5.91 Å². The molecule has 1 saturated heterocycles. The zero-order chi connectivity index (χ0) is 12.9. The van der Waals surface area contributed by atoms with E-state index in [4.69, 9.17) is 4.74 Å². The smallest absolute Gasteiger partial charge is 0.239 e. The topological polar surface area (TPSA) is 70.6 Å². The van der Waals surface area contributed by atoms with Gasteiger partial charge in [0.15, 0.2) is 0 Å². The van der Waals surface area contributed by atoms with Gasteiger partial charge in [0.1, 0.15) is 6.04 Å². The van der Waals surface area contributed by atoms with Gasteiger partial charge in [-0.25, -0.2) is 0 Å². The summed E-state index contributed by atoms with van der Waals surface area (Å²) in [6, 6.07) is -0.293. The minimum atomic E-state index is -0.848. The minimum absolute atomic E-state index is 0.103. The average molecular weight is 244 g/mol. The molecule has 0 aromatic heterocycles. The van der Waals surface area contributed by atoms with Gasteiger partial charge in [-0.3, -0.25) is 4.79 Å². The van der Waals surface area contributed by atoms with Crippen LogP contribution in [0.1, 0.15) is 27.2 Å². The maximum atomic E-state index is 11.8. The number of carbonyl (C=O) groups is 1. The Bertz CT molecular complexity index is 248. The number of aliphatic hydroxyl groups is 1. The Balaban J connectivity index is 2.31. The lowest BCUT2D eigenvalue weighted by Crippen LogP contribution is -2.53. The van der Waals surface area contributed by atoms with Crippen LogP contribution in [0.2, 0.25) is 0 Å². The molecule has 5 heteroatoms. The van der Waals surface area contributed by atoms with E-state index in [1.165, 1.54) is 0 Å². The van der Waals surface area contributed by atoms with E-state index in [9.17, 15) is 9.90 Å². The number of carbonyl (C=O) groups excluding carboxylic acids is 1. The second-order valence-electron chi connectivity index (χ2n) is 5.39. The minimum Gasteiger partial charge on any atom is -0.388 e. The Morgan fingerprint density at radius 2 is 2.35 bits per heavy atom. The maximum Gasteiger partial charge on any atom is 0.239 e. The summed E-state index contributed by atoms with van der Waals surface area (Å²) in [6.45, 7) is 7.87. The Morgan fingerprint density at radius 3 is 2.88 bits per heavy atom. The zero-order valence-electron chi connectivity index (χ0n) is 11.0. The highest BCUT2D eigenvalue weighted by molar-refractivity contribution is 5.82. The summed E-state index contributed by atoms with van der Waals surface area (Å²) in [4.78, 5) is 11.8. The van der Waals surface area contributed by atoms with E-state index in [-0.39, 0.29) is 18.5 Å². The van der Waals surface area contributed by atoms with Gasteiger partial charge in [0, 0.05) is 13.1 Å². The fourth-order valence-electron chi connectivity index (χ4n) is 2.09. The van der Waals surface area contributed by atoms with Crippen molar-refractivity contribution in [1.82, 2.24) is 10.6 Å². The molecular weight excluding hydrogens is 220 g/mol. The van der Waals surface area contributed by atoms with E-state index in [2.05, 4.69) is 10.6 Å². The molecule has 1 aliphatic rings. The van der Waals surface area contributed by atoms with Crippen molar-refractivity contribution < 1.29 is 14.6 Å². The van der Waals surface area contributed by atoms with Gasteiger partial charge in [-0.2, -0.15) is 0 Å². The molecule has 1 fully saturated rings. The molecule has 0 saturated carbocycles. The summed E-state index contributed by atoms with van der Waals surface area (Å²) >= 11 is 0. The quantitative estimate of drug-likeness (QED) is 0.631. The van der Waals surface area contributed by atoms with Crippen molar-refractivity contribution >= 4 is 5.91 Å². The Morgan fingerprint density at radius 1 is 1.65 bits per heavy atom. The zero-order valence-corrected chi connectivity index (χ0v) is 11.0. The fourth-order valence-corrected chi connectivity index (χ4v) is 2.09. The Labute approximate surface area is 103 Å². The molecule has 5 nitrogen and oxygen atoms in total. The summed E-state index contributed by atoms with van der Waals surface area (Å²) in [7, 11) is 0. The molecule has 1 amide bonds. The molecule has 0 radical (unpaired) electrons. The molecule has 3 N–H and O–H groups in total. The van der Waals surface area contributed by atoms with Gasteiger partial charge >= 0.3 is 0 Å². The molecule has 1 heterocycles. The van der Waals surface area contributed by atoms with Crippen LogP contribution in [-0.2, 0) is 9.53 Å². The fraction of sp³-hybridized carbons (Fsp3) is 0.917. The van der Waals surface area contributed by atoms with Crippen LogP contribution in [0.4, 0.5) is 0 Å². The SMILES string of the molecule is CC(C)CC(C)(O)CNC(=O)C1COCCN1. The van der Waals surface area contributed by atoms with Crippen molar-refractivity contribution in [2.45, 2.75) is 38.8 Å². The number of hydrogen-bond donors (Lipinski definition) is 3. The first-order valence-electron chi connectivity index (χ1n) is 6.22. The first-order chi connectivity index (χ1) is 7.91. The maximum absolute atomic E-state index is 11.8.